The van der Waals surface area contributed by atoms with E-state index >= 15 is 0 Å². The number of halogens is 2. The molecule has 1 aliphatic heterocycles. The average Bonchev–Trinajstić information content (AvgIpc) is 1.54. The summed E-state index contributed by atoms with van der Waals surface area (Å²) in [6, 6.07) is 0. The number of hydrogen-bond acceptors (Lipinski definition) is 1. The van der Waals surface area contributed by atoms with Crippen LogP contribution in [0.2, 0.25) is 0 Å². The Morgan fingerprint density at radius 3 is 1.78 bits per heavy atom. The van der Waals surface area contributed by atoms with E-state index in [9.17, 15) is 8.78 Å². The maximum Gasteiger partial charge on any atom is 0.249 e. The Morgan fingerprint density at radius 1 is 1.11 bits per heavy atom. The first-order valence-corrected chi connectivity index (χ1v) is 3.21. The van der Waals surface area contributed by atoms with Crippen LogP contribution < -0.4 is 5.32 Å². The molecular formula is C6H9F2N. The van der Waals surface area contributed by atoms with Crippen LogP contribution in [0.15, 0.2) is 0 Å². The van der Waals surface area contributed by atoms with E-state index in [1.54, 1.807) is 0 Å². The van der Waals surface area contributed by atoms with Gasteiger partial charge in [0.05, 0.1) is 0 Å². The largest absolute Gasteiger partial charge is 0.316 e. The van der Waals surface area contributed by atoms with E-state index in [-0.39, 0.29) is 18.3 Å². The quantitative estimate of drug-likeness (QED) is 0.520. The third-order valence-corrected chi connectivity index (χ3v) is 2.27. The highest BCUT2D eigenvalue weighted by Gasteiger charge is 2.58. The number of hydrogen-bond donors (Lipinski definition) is 1. The van der Waals surface area contributed by atoms with Gasteiger partial charge in [-0.1, -0.05) is 0 Å². The normalized spacial score (nSPS) is 35.3. The third-order valence-electron chi connectivity index (χ3n) is 2.27. The van der Waals surface area contributed by atoms with Crippen molar-refractivity contribution in [3.8, 4) is 0 Å². The van der Waals surface area contributed by atoms with E-state index in [2.05, 4.69) is 5.32 Å². The highest BCUT2D eigenvalue weighted by atomic mass is 19.3. The predicted octanol–water partition coefficient (Wildman–Crippen LogP) is 1.01. The van der Waals surface area contributed by atoms with Gasteiger partial charge in [0, 0.05) is 31.3 Å². The molecule has 0 radical (unpaired) electrons. The van der Waals surface area contributed by atoms with Crippen LogP contribution in [0.1, 0.15) is 12.8 Å². The number of alkyl halides is 2. The molecule has 3 heteroatoms. The molecule has 1 nitrogen and oxygen atoms in total. The van der Waals surface area contributed by atoms with Crippen molar-refractivity contribution in [2.24, 2.45) is 5.41 Å². The first-order valence-electron chi connectivity index (χ1n) is 3.21. The molecule has 1 aliphatic carbocycles. The molecular weight excluding hydrogens is 124 g/mol. The molecule has 9 heavy (non-hydrogen) atoms. The lowest BCUT2D eigenvalue weighted by atomic mass is 9.62. The fourth-order valence-electron chi connectivity index (χ4n) is 1.77. The van der Waals surface area contributed by atoms with Gasteiger partial charge in [-0.3, -0.25) is 0 Å². The zero-order valence-corrected chi connectivity index (χ0v) is 5.08. The minimum Gasteiger partial charge on any atom is -0.316 e. The zero-order chi connectivity index (χ0) is 6.54. The second-order valence-electron chi connectivity index (χ2n) is 3.31. The minimum atomic E-state index is -2.33. The molecule has 1 spiro atoms. The molecule has 0 aromatic carbocycles. The molecule has 2 aliphatic rings. The van der Waals surface area contributed by atoms with Crippen molar-refractivity contribution < 1.29 is 8.78 Å². The summed E-state index contributed by atoms with van der Waals surface area (Å²) < 4.78 is 24.5. The van der Waals surface area contributed by atoms with E-state index in [0.29, 0.717) is 0 Å². The standard InChI is InChI=1S/C6H9F2N/c7-6(8)1-5(2-6)3-9-4-5/h9H,1-4H2. The maximum atomic E-state index is 12.2. The third kappa shape index (κ3) is 0.674. The summed E-state index contributed by atoms with van der Waals surface area (Å²) in [4.78, 5) is 0. The van der Waals surface area contributed by atoms with E-state index in [1.165, 1.54) is 0 Å². The van der Waals surface area contributed by atoms with Crippen LogP contribution in [0.25, 0.3) is 0 Å². The van der Waals surface area contributed by atoms with Crippen molar-refractivity contribution in [2.75, 3.05) is 13.1 Å². The molecule has 0 aromatic heterocycles. The van der Waals surface area contributed by atoms with Crippen LogP contribution in [-0.2, 0) is 0 Å². The van der Waals surface area contributed by atoms with Crippen LogP contribution in [-0.4, -0.2) is 19.0 Å². The van der Waals surface area contributed by atoms with Gasteiger partial charge in [-0.25, -0.2) is 8.78 Å². The summed E-state index contributed by atoms with van der Waals surface area (Å²) in [6.07, 6.45) is 0.236. The molecule has 0 atom stereocenters. The summed E-state index contributed by atoms with van der Waals surface area (Å²) in [6.45, 7) is 1.62. The molecule has 1 heterocycles. The maximum absolute atomic E-state index is 12.2. The molecule has 0 amide bonds. The van der Waals surface area contributed by atoms with Crippen molar-refractivity contribution >= 4 is 0 Å². The first-order chi connectivity index (χ1) is 4.12. The van der Waals surface area contributed by atoms with Crippen molar-refractivity contribution in [1.29, 1.82) is 0 Å². The van der Waals surface area contributed by atoms with Gasteiger partial charge < -0.3 is 5.32 Å². The SMILES string of the molecule is FC1(F)CC2(CNC2)C1. The summed E-state index contributed by atoms with van der Waals surface area (Å²) in [7, 11) is 0. The Hall–Kier alpha value is -0.180. The van der Waals surface area contributed by atoms with E-state index < -0.39 is 5.92 Å². The van der Waals surface area contributed by atoms with Gasteiger partial charge >= 0.3 is 0 Å². The van der Waals surface area contributed by atoms with Crippen LogP contribution in [0.5, 0.6) is 0 Å². The van der Waals surface area contributed by atoms with Gasteiger partial charge in [0.15, 0.2) is 0 Å². The Bertz CT molecular complexity index is 130. The molecule has 1 N–H and O–H groups in total. The summed E-state index contributed by atoms with van der Waals surface area (Å²) in [5.41, 5.74) is 0.0174. The second-order valence-corrected chi connectivity index (χ2v) is 3.31. The zero-order valence-electron chi connectivity index (χ0n) is 5.08. The lowest BCUT2D eigenvalue weighted by Crippen LogP contribution is -2.64. The van der Waals surface area contributed by atoms with Crippen LogP contribution in [0.4, 0.5) is 8.78 Å². The van der Waals surface area contributed by atoms with Gasteiger partial charge in [0.1, 0.15) is 0 Å². The van der Waals surface area contributed by atoms with E-state index in [0.717, 1.165) is 13.1 Å². The molecule has 52 valence electrons. The lowest BCUT2D eigenvalue weighted by molar-refractivity contribution is -0.178. The fraction of sp³-hybridized carbons (Fsp3) is 1.00. The van der Waals surface area contributed by atoms with E-state index in [4.69, 9.17) is 0 Å². The molecule has 1 saturated heterocycles. The predicted molar refractivity (Wildman–Crippen MR) is 29.5 cm³/mol. The van der Waals surface area contributed by atoms with Crippen molar-refractivity contribution in [3.63, 3.8) is 0 Å². The van der Waals surface area contributed by atoms with Crippen molar-refractivity contribution in [1.82, 2.24) is 5.32 Å². The fourth-order valence-corrected chi connectivity index (χ4v) is 1.77. The topological polar surface area (TPSA) is 12.0 Å². The number of nitrogens with one attached hydrogen (secondary N) is 1. The first kappa shape index (κ1) is 5.59. The van der Waals surface area contributed by atoms with E-state index in [1.807, 2.05) is 0 Å². The Morgan fingerprint density at radius 2 is 1.67 bits per heavy atom. The molecule has 2 rings (SSSR count). The molecule has 0 unspecified atom stereocenters. The Balaban J connectivity index is 1.96. The lowest BCUT2D eigenvalue weighted by Gasteiger charge is -2.53. The highest BCUT2D eigenvalue weighted by molar-refractivity contribution is 5.06. The summed E-state index contributed by atoms with van der Waals surface area (Å²) in [5, 5.41) is 3.01. The van der Waals surface area contributed by atoms with Crippen LogP contribution >= 0.6 is 0 Å². The Labute approximate surface area is 52.4 Å². The summed E-state index contributed by atoms with van der Waals surface area (Å²) >= 11 is 0. The van der Waals surface area contributed by atoms with Crippen molar-refractivity contribution in [3.05, 3.63) is 0 Å². The van der Waals surface area contributed by atoms with Gasteiger partial charge in [0.25, 0.3) is 0 Å². The molecule has 2 fully saturated rings. The van der Waals surface area contributed by atoms with Gasteiger partial charge in [-0.15, -0.1) is 0 Å². The Kier molecular flexibility index (Phi) is 0.799. The van der Waals surface area contributed by atoms with Gasteiger partial charge in [0.2, 0.25) is 5.92 Å². The molecule has 1 saturated carbocycles. The second kappa shape index (κ2) is 1.29. The van der Waals surface area contributed by atoms with Crippen LogP contribution in [0.3, 0.4) is 0 Å². The summed E-state index contributed by atoms with van der Waals surface area (Å²) in [5.74, 6) is -2.33. The number of rotatable bonds is 0. The smallest absolute Gasteiger partial charge is 0.249 e. The average molecular weight is 133 g/mol. The van der Waals surface area contributed by atoms with Crippen LogP contribution in [0, 0.1) is 5.41 Å². The molecule has 0 aromatic rings. The van der Waals surface area contributed by atoms with Gasteiger partial charge in [-0.05, 0) is 0 Å². The monoisotopic (exact) mass is 133 g/mol. The highest BCUT2D eigenvalue weighted by Crippen LogP contribution is 2.53. The van der Waals surface area contributed by atoms with Crippen molar-refractivity contribution in [2.45, 2.75) is 18.8 Å². The minimum absolute atomic E-state index is 0.0174. The van der Waals surface area contributed by atoms with Gasteiger partial charge in [-0.2, -0.15) is 0 Å². The molecule has 0 bridgehead atoms.